The molecule has 1 unspecified atom stereocenters. The van der Waals surface area contributed by atoms with Crippen molar-refractivity contribution in [1.82, 2.24) is 9.47 Å². The summed E-state index contributed by atoms with van der Waals surface area (Å²) in [7, 11) is 0. The lowest BCUT2D eigenvalue weighted by atomic mass is 10.0. The standard InChI is InChI=1S/C26H29FN2O2/c1-20(28-14-2-3-15-28)23-8-4-21(5-9-23)12-16-29-17-13-25(18-26(29)30)31-19-22-6-10-24(27)11-7-22/h4-11,13,17-18,20H,2-3,12,14-16,19H2,1H3. The number of hydrogen-bond donors (Lipinski definition) is 0. The third-order valence-corrected chi connectivity index (χ3v) is 6.08. The number of halogens is 1. The van der Waals surface area contributed by atoms with E-state index in [1.165, 1.54) is 55.3 Å². The van der Waals surface area contributed by atoms with Gasteiger partial charge in [-0.25, -0.2) is 4.39 Å². The number of hydrogen-bond acceptors (Lipinski definition) is 3. The summed E-state index contributed by atoms with van der Waals surface area (Å²) in [6.07, 6.45) is 5.17. The Labute approximate surface area is 182 Å². The van der Waals surface area contributed by atoms with Crippen molar-refractivity contribution in [2.24, 2.45) is 0 Å². The Hall–Kier alpha value is -2.92. The number of ether oxygens (including phenoxy) is 1. The highest BCUT2D eigenvalue weighted by molar-refractivity contribution is 5.25. The monoisotopic (exact) mass is 420 g/mol. The van der Waals surface area contributed by atoms with Crippen molar-refractivity contribution in [3.05, 3.63) is 99.7 Å². The predicted octanol–water partition coefficient (Wildman–Crippen LogP) is 4.97. The van der Waals surface area contributed by atoms with E-state index in [2.05, 4.69) is 36.1 Å². The molecular weight excluding hydrogens is 391 g/mol. The van der Waals surface area contributed by atoms with Crippen molar-refractivity contribution < 1.29 is 9.13 Å². The molecule has 1 saturated heterocycles. The first kappa shape index (κ1) is 21.3. The van der Waals surface area contributed by atoms with E-state index in [1.807, 2.05) is 0 Å². The van der Waals surface area contributed by atoms with E-state index in [-0.39, 0.29) is 11.4 Å². The highest BCUT2D eigenvalue weighted by Crippen LogP contribution is 2.24. The molecule has 0 aliphatic carbocycles. The molecule has 0 bridgehead atoms. The second-order valence-corrected chi connectivity index (χ2v) is 8.22. The molecule has 0 spiro atoms. The van der Waals surface area contributed by atoms with Crippen molar-refractivity contribution in [2.45, 2.75) is 45.4 Å². The minimum atomic E-state index is -0.276. The minimum Gasteiger partial charge on any atom is -0.489 e. The van der Waals surface area contributed by atoms with Crippen LogP contribution in [-0.4, -0.2) is 22.6 Å². The van der Waals surface area contributed by atoms with Crippen LogP contribution in [0.25, 0.3) is 0 Å². The van der Waals surface area contributed by atoms with Crippen LogP contribution in [0.2, 0.25) is 0 Å². The molecule has 2 heterocycles. The van der Waals surface area contributed by atoms with E-state index >= 15 is 0 Å². The fourth-order valence-corrected chi connectivity index (χ4v) is 4.06. The second-order valence-electron chi connectivity index (χ2n) is 8.22. The maximum atomic E-state index is 13.0. The molecule has 0 saturated carbocycles. The molecule has 0 N–H and O–H groups in total. The van der Waals surface area contributed by atoms with Crippen LogP contribution in [0.5, 0.6) is 5.75 Å². The fourth-order valence-electron chi connectivity index (χ4n) is 4.06. The molecule has 2 aromatic carbocycles. The molecule has 1 atom stereocenters. The van der Waals surface area contributed by atoms with Gasteiger partial charge in [-0.1, -0.05) is 36.4 Å². The van der Waals surface area contributed by atoms with E-state index in [4.69, 9.17) is 4.74 Å². The van der Waals surface area contributed by atoms with Crippen molar-refractivity contribution >= 4 is 0 Å². The summed E-state index contributed by atoms with van der Waals surface area (Å²) in [4.78, 5) is 15.0. The van der Waals surface area contributed by atoms with Gasteiger partial charge in [0.15, 0.2) is 0 Å². The highest BCUT2D eigenvalue weighted by Gasteiger charge is 2.19. The normalized spacial score (nSPS) is 15.2. The number of nitrogens with zero attached hydrogens (tertiary/aromatic N) is 2. The number of rotatable bonds is 8. The van der Waals surface area contributed by atoms with E-state index in [9.17, 15) is 9.18 Å². The third-order valence-electron chi connectivity index (χ3n) is 6.08. The van der Waals surface area contributed by atoms with Gasteiger partial charge in [-0.05, 0) is 74.2 Å². The molecule has 0 amide bonds. The number of aromatic nitrogens is 1. The van der Waals surface area contributed by atoms with Gasteiger partial charge in [0.1, 0.15) is 18.2 Å². The molecule has 1 aromatic heterocycles. The van der Waals surface area contributed by atoms with E-state index < -0.39 is 0 Å². The van der Waals surface area contributed by atoms with Crippen molar-refractivity contribution in [2.75, 3.05) is 13.1 Å². The molecule has 4 rings (SSSR count). The van der Waals surface area contributed by atoms with Crippen LogP contribution in [0.1, 0.15) is 42.5 Å². The van der Waals surface area contributed by atoms with Crippen molar-refractivity contribution in [3.63, 3.8) is 0 Å². The summed E-state index contributed by atoms with van der Waals surface area (Å²) in [5, 5.41) is 0. The van der Waals surface area contributed by atoms with Gasteiger partial charge >= 0.3 is 0 Å². The summed E-state index contributed by atoms with van der Waals surface area (Å²) < 4.78 is 20.3. The zero-order chi connectivity index (χ0) is 21.6. The lowest BCUT2D eigenvalue weighted by Gasteiger charge is -2.24. The van der Waals surface area contributed by atoms with Crippen LogP contribution in [0.3, 0.4) is 0 Å². The second kappa shape index (κ2) is 9.92. The van der Waals surface area contributed by atoms with Gasteiger partial charge in [0.2, 0.25) is 0 Å². The number of likely N-dealkylation sites (tertiary alicyclic amines) is 1. The Bertz CT molecular complexity index is 1040. The maximum absolute atomic E-state index is 13.0. The average molecular weight is 421 g/mol. The van der Waals surface area contributed by atoms with Gasteiger partial charge in [0.25, 0.3) is 5.56 Å². The molecular formula is C26H29FN2O2. The van der Waals surface area contributed by atoms with Crippen LogP contribution in [0.4, 0.5) is 4.39 Å². The van der Waals surface area contributed by atoms with Gasteiger partial charge in [0.05, 0.1) is 0 Å². The maximum Gasteiger partial charge on any atom is 0.254 e. The summed E-state index contributed by atoms with van der Waals surface area (Å²) in [6.45, 7) is 5.58. The molecule has 1 fully saturated rings. The first-order valence-corrected chi connectivity index (χ1v) is 11.0. The predicted molar refractivity (Wildman–Crippen MR) is 121 cm³/mol. The highest BCUT2D eigenvalue weighted by atomic mass is 19.1. The molecule has 1 aliphatic heterocycles. The minimum absolute atomic E-state index is 0.0871. The lowest BCUT2D eigenvalue weighted by Crippen LogP contribution is -2.23. The smallest absolute Gasteiger partial charge is 0.254 e. The summed E-state index contributed by atoms with van der Waals surface area (Å²) in [5.74, 6) is 0.243. The molecule has 5 heteroatoms. The summed E-state index contributed by atoms with van der Waals surface area (Å²) in [5.41, 5.74) is 3.34. The van der Waals surface area contributed by atoms with Gasteiger partial charge in [0, 0.05) is 24.8 Å². The molecule has 1 aliphatic rings. The summed E-state index contributed by atoms with van der Waals surface area (Å²) >= 11 is 0. The Balaban J connectivity index is 1.31. The average Bonchev–Trinajstić information content (AvgIpc) is 3.33. The number of benzene rings is 2. The molecule has 162 valence electrons. The molecule has 4 nitrogen and oxygen atoms in total. The van der Waals surface area contributed by atoms with E-state index in [0.717, 1.165) is 12.0 Å². The Morgan fingerprint density at radius 3 is 2.32 bits per heavy atom. The first-order chi connectivity index (χ1) is 15.1. The van der Waals surface area contributed by atoms with Crippen LogP contribution < -0.4 is 10.3 Å². The van der Waals surface area contributed by atoms with Gasteiger partial charge in [-0.15, -0.1) is 0 Å². The van der Waals surface area contributed by atoms with Gasteiger partial charge < -0.3 is 9.30 Å². The number of pyridine rings is 1. The Kier molecular flexibility index (Phi) is 6.82. The quantitative estimate of drug-likeness (QED) is 0.516. The first-order valence-electron chi connectivity index (χ1n) is 11.0. The van der Waals surface area contributed by atoms with Crippen LogP contribution in [0.15, 0.2) is 71.7 Å². The zero-order valence-electron chi connectivity index (χ0n) is 18.0. The van der Waals surface area contributed by atoms with Crippen molar-refractivity contribution in [1.29, 1.82) is 0 Å². The molecule has 3 aromatic rings. The molecule has 31 heavy (non-hydrogen) atoms. The topological polar surface area (TPSA) is 34.5 Å². The zero-order valence-corrected chi connectivity index (χ0v) is 18.0. The lowest BCUT2D eigenvalue weighted by molar-refractivity contribution is 0.263. The van der Waals surface area contributed by atoms with Crippen molar-refractivity contribution in [3.8, 4) is 5.75 Å². The Morgan fingerprint density at radius 1 is 0.968 bits per heavy atom. The van der Waals surface area contributed by atoms with Crippen LogP contribution in [0, 0.1) is 5.82 Å². The number of aryl methyl sites for hydroxylation is 2. The SMILES string of the molecule is CC(c1ccc(CCn2ccc(OCc3ccc(F)cc3)cc2=O)cc1)N1CCCC1. The van der Waals surface area contributed by atoms with E-state index in [0.29, 0.717) is 24.9 Å². The van der Waals surface area contributed by atoms with Crippen LogP contribution >= 0.6 is 0 Å². The Morgan fingerprint density at radius 2 is 1.65 bits per heavy atom. The van der Waals surface area contributed by atoms with E-state index in [1.54, 1.807) is 29.0 Å². The van der Waals surface area contributed by atoms with Gasteiger partial charge in [-0.2, -0.15) is 0 Å². The van der Waals surface area contributed by atoms with Crippen LogP contribution in [-0.2, 0) is 19.6 Å². The van der Waals surface area contributed by atoms with Gasteiger partial charge in [-0.3, -0.25) is 9.69 Å². The largest absolute Gasteiger partial charge is 0.489 e. The molecule has 0 radical (unpaired) electrons. The fraction of sp³-hybridized carbons (Fsp3) is 0.346. The summed E-state index contributed by atoms with van der Waals surface area (Å²) in [6, 6.07) is 18.7. The third kappa shape index (κ3) is 5.61.